The Morgan fingerprint density at radius 2 is 2.00 bits per heavy atom. The fourth-order valence-corrected chi connectivity index (χ4v) is 2.08. The van der Waals surface area contributed by atoms with Crippen LogP contribution in [0.15, 0.2) is 41.3 Å². The molecule has 0 radical (unpaired) electrons. The molecule has 2 rings (SSSR count). The molecule has 1 aromatic carbocycles. The molecule has 0 spiro atoms. The first-order chi connectivity index (χ1) is 8.63. The van der Waals surface area contributed by atoms with Gasteiger partial charge in [-0.1, -0.05) is 38.5 Å². The Hall–Kier alpha value is -1.61. The lowest BCUT2D eigenvalue weighted by Gasteiger charge is -2.19. The number of nitrogens with two attached hydrogens (primary N) is 1. The molecule has 0 fully saturated rings. The maximum absolute atomic E-state index is 12.3. The smallest absolute Gasteiger partial charge is 0.258 e. The summed E-state index contributed by atoms with van der Waals surface area (Å²) in [6.07, 6.45) is 2.87. The molecule has 2 atom stereocenters. The third kappa shape index (κ3) is 2.46. The predicted molar refractivity (Wildman–Crippen MR) is 75.6 cm³/mol. The van der Waals surface area contributed by atoms with Gasteiger partial charge in [-0.2, -0.15) is 0 Å². The van der Waals surface area contributed by atoms with E-state index in [9.17, 15) is 4.79 Å². The Bertz CT molecular complexity index is 588. The van der Waals surface area contributed by atoms with Gasteiger partial charge in [-0.25, -0.2) is 0 Å². The molecule has 0 amide bonds. The van der Waals surface area contributed by atoms with Gasteiger partial charge < -0.3 is 10.3 Å². The summed E-state index contributed by atoms with van der Waals surface area (Å²) < 4.78 is 1.72. The normalized spacial score (nSPS) is 14.6. The number of rotatable bonds is 4. The SMILES string of the molecule is CCC(C)C(N)Cn1ccc2ccccc2c1=O. The monoisotopic (exact) mass is 244 g/mol. The van der Waals surface area contributed by atoms with Gasteiger partial charge >= 0.3 is 0 Å². The minimum atomic E-state index is 0.0221. The average Bonchev–Trinajstić information content (AvgIpc) is 2.41. The Kier molecular flexibility index (Phi) is 3.82. The van der Waals surface area contributed by atoms with E-state index in [-0.39, 0.29) is 11.6 Å². The van der Waals surface area contributed by atoms with Crippen LogP contribution in [-0.2, 0) is 6.54 Å². The molecule has 96 valence electrons. The minimum Gasteiger partial charge on any atom is -0.326 e. The summed E-state index contributed by atoms with van der Waals surface area (Å²) in [6, 6.07) is 9.65. The van der Waals surface area contributed by atoms with Crippen LogP contribution < -0.4 is 11.3 Å². The van der Waals surface area contributed by atoms with Crippen molar-refractivity contribution in [2.24, 2.45) is 11.7 Å². The second kappa shape index (κ2) is 5.36. The first-order valence-electron chi connectivity index (χ1n) is 6.47. The standard InChI is InChI=1S/C15H20N2O/c1-3-11(2)14(16)10-17-9-8-12-6-4-5-7-13(12)15(17)18/h4-9,11,14H,3,10,16H2,1-2H3. The molecule has 0 bridgehead atoms. The van der Waals surface area contributed by atoms with Gasteiger partial charge in [-0.3, -0.25) is 4.79 Å². The molecule has 18 heavy (non-hydrogen) atoms. The molecule has 1 heterocycles. The van der Waals surface area contributed by atoms with Crippen LogP contribution in [0.3, 0.4) is 0 Å². The van der Waals surface area contributed by atoms with E-state index < -0.39 is 0 Å². The topological polar surface area (TPSA) is 48.0 Å². The van der Waals surface area contributed by atoms with Gasteiger partial charge in [0, 0.05) is 24.2 Å². The van der Waals surface area contributed by atoms with Gasteiger partial charge in [-0.05, 0) is 23.4 Å². The molecule has 3 heteroatoms. The summed E-state index contributed by atoms with van der Waals surface area (Å²) in [5, 5.41) is 1.74. The zero-order valence-corrected chi connectivity index (χ0v) is 11.0. The van der Waals surface area contributed by atoms with Crippen LogP contribution in [0.2, 0.25) is 0 Å². The summed E-state index contributed by atoms with van der Waals surface area (Å²) in [5.74, 6) is 0.420. The highest BCUT2D eigenvalue weighted by Gasteiger charge is 2.12. The van der Waals surface area contributed by atoms with Crippen LogP contribution in [0.1, 0.15) is 20.3 Å². The first-order valence-corrected chi connectivity index (χ1v) is 6.47. The van der Waals surface area contributed by atoms with E-state index in [2.05, 4.69) is 13.8 Å². The van der Waals surface area contributed by atoms with Crippen LogP contribution in [0.25, 0.3) is 10.8 Å². The quantitative estimate of drug-likeness (QED) is 0.897. The Labute approximate surface area is 107 Å². The second-order valence-corrected chi connectivity index (χ2v) is 4.91. The van der Waals surface area contributed by atoms with Gasteiger partial charge in [0.25, 0.3) is 5.56 Å². The van der Waals surface area contributed by atoms with Crippen molar-refractivity contribution in [3.05, 3.63) is 46.9 Å². The number of pyridine rings is 1. The third-order valence-corrected chi connectivity index (χ3v) is 3.67. The number of nitrogens with zero attached hydrogens (tertiary/aromatic N) is 1. The van der Waals surface area contributed by atoms with Crippen LogP contribution in [-0.4, -0.2) is 10.6 Å². The van der Waals surface area contributed by atoms with E-state index in [1.807, 2.05) is 36.5 Å². The van der Waals surface area contributed by atoms with Crippen molar-refractivity contribution in [3.63, 3.8) is 0 Å². The second-order valence-electron chi connectivity index (χ2n) is 4.91. The van der Waals surface area contributed by atoms with Crippen molar-refractivity contribution in [3.8, 4) is 0 Å². The van der Waals surface area contributed by atoms with Gasteiger partial charge in [-0.15, -0.1) is 0 Å². The van der Waals surface area contributed by atoms with E-state index in [0.29, 0.717) is 12.5 Å². The van der Waals surface area contributed by atoms with Gasteiger partial charge in [0.15, 0.2) is 0 Å². The number of aromatic nitrogens is 1. The number of fused-ring (bicyclic) bond motifs is 1. The van der Waals surface area contributed by atoms with Crippen molar-refractivity contribution >= 4 is 10.8 Å². The largest absolute Gasteiger partial charge is 0.326 e. The van der Waals surface area contributed by atoms with E-state index in [1.165, 1.54) is 0 Å². The summed E-state index contributed by atoms with van der Waals surface area (Å²) in [5.41, 5.74) is 6.16. The van der Waals surface area contributed by atoms with Crippen molar-refractivity contribution in [1.82, 2.24) is 4.57 Å². The van der Waals surface area contributed by atoms with Crippen molar-refractivity contribution in [1.29, 1.82) is 0 Å². The lowest BCUT2D eigenvalue weighted by molar-refractivity contribution is 0.393. The molecule has 3 nitrogen and oxygen atoms in total. The fourth-order valence-electron chi connectivity index (χ4n) is 2.08. The number of hydrogen-bond donors (Lipinski definition) is 1. The van der Waals surface area contributed by atoms with Crippen LogP contribution >= 0.6 is 0 Å². The zero-order chi connectivity index (χ0) is 13.1. The lowest BCUT2D eigenvalue weighted by atomic mass is 10.00. The van der Waals surface area contributed by atoms with E-state index in [0.717, 1.165) is 17.2 Å². The summed E-state index contributed by atoms with van der Waals surface area (Å²) in [4.78, 5) is 12.3. The molecule has 2 N–H and O–H groups in total. The molecule has 0 aliphatic rings. The third-order valence-electron chi connectivity index (χ3n) is 3.67. The number of benzene rings is 1. The van der Waals surface area contributed by atoms with Crippen LogP contribution in [0.5, 0.6) is 0 Å². The van der Waals surface area contributed by atoms with Crippen LogP contribution in [0.4, 0.5) is 0 Å². The lowest BCUT2D eigenvalue weighted by Crippen LogP contribution is -2.36. The molecule has 2 unspecified atom stereocenters. The minimum absolute atomic E-state index is 0.0221. The maximum atomic E-state index is 12.3. The van der Waals surface area contributed by atoms with E-state index in [4.69, 9.17) is 5.73 Å². The van der Waals surface area contributed by atoms with Gasteiger partial charge in [0.05, 0.1) is 0 Å². The van der Waals surface area contributed by atoms with Crippen molar-refractivity contribution in [2.75, 3.05) is 0 Å². The summed E-state index contributed by atoms with van der Waals surface area (Å²) >= 11 is 0. The highest BCUT2D eigenvalue weighted by molar-refractivity contribution is 5.81. The van der Waals surface area contributed by atoms with E-state index in [1.54, 1.807) is 4.57 Å². The molecule has 1 aromatic heterocycles. The fraction of sp³-hybridized carbons (Fsp3) is 0.400. The Morgan fingerprint density at radius 1 is 1.28 bits per heavy atom. The van der Waals surface area contributed by atoms with Crippen LogP contribution in [0, 0.1) is 5.92 Å². The maximum Gasteiger partial charge on any atom is 0.258 e. The first kappa shape index (κ1) is 12.8. The Morgan fingerprint density at radius 3 is 2.72 bits per heavy atom. The molecule has 2 aromatic rings. The number of hydrogen-bond acceptors (Lipinski definition) is 2. The molecule has 0 saturated heterocycles. The predicted octanol–water partition coefficient (Wildman–Crippen LogP) is 2.37. The average molecular weight is 244 g/mol. The van der Waals surface area contributed by atoms with Gasteiger partial charge in [0.1, 0.15) is 0 Å². The highest BCUT2D eigenvalue weighted by Crippen LogP contribution is 2.10. The van der Waals surface area contributed by atoms with Gasteiger partial charge in [0.2, 0.25) is 0 Å². The molecular weight excluding hydrogens is 224 g/mol. The molecule has 0 aliphatic carbocycles. The molecule has 0 saturated carbocycles. The summed E-state index contributed by atoms with van der Waals surface area (Å²) in [6.45, 7) is 4.82. The van der Waals surface area contributed by atoms with E-state index >= 15 is 0 Å². The molecule has 0 aliphatic heterocycles. The Balaban J connectivity index is 2.35. The van der Waals surface area contributed by atoms with Crippen molar-refractivity contribution in [2.45, 2.75) is 32.9 Å². The van der Waals surface area contributed by atoms with Crippen molar-refractivity contribution < 1.29 is 0 Å². The molecular formula is C15H20N2O. The highest BCUT2D eigenvalue weighted by atomic mass is 16.1. The zero-order valence-electron chi connectivity index (χ0n) is 11.0. The summed E-state index contributed by atoms with van der Waals surface area (Å²) in [7, 11) is 0.